The van der Waals surface area contributed by atoms with Gasteiger partial charge in [0.1, 0.15) is 5.82 Å². The number of benzene rings is 1. The molecule has 0 spiro atoms. The summed E-state index contributed by atoms with van der Waals surface area (Å²) >= 11 is 0. The second kappa shape index (κ2) is 5.84. The first-order valence-corrected chi connectivity index (χ1v) is 6.17. The third kappa shape index (κ3) is 3.32. The maximum absolute atomic E-state index is 13.3. The van der Waals surface area contributed by atoms with Gasteiger partial charge in [0.25, 0.3) is 0 Å². The van der Waals surface area contributed by atoms with E-state index < -0.39 is 0 Å². The van der Waals surface area contributed by atoms with Crippen LogP contribution in [0.2, 0.25) is 0 Å². The highest BCUT2D eigenvalue weighted by Gasteiger charge is 2.10. The molecule has 2 rings (SSSR count). The standard InChI is InChI=1S/C14H18FN3O/c1-10-8-18(13-6-4-5-12(15)7-13)14(16-10)17-11(2)9-19-3/h4-8,11H,9H2,1-3H3,(H,16,17). The second-order valence-corrected chi connectivity index (χ2v) is 4.56. The van der Waals surface area contributed by atoms with Gasteiger partial charge in [-0.25, -0.2) is 9.37 Å². The summed E-state index contributed by atoms with van der Waals surface area (Å²) in [4.78, 5) is 4.41. The summed E-state index contributed by atoms with van der Waals surface area (Å²) in [5.41, 5.74) is 1.61. The van der Waals surface area contributed by atoms with Crippen LogP contribution < -0.4 is 5.32 Å². The fourth-order valence-electron chi connectivity index (χ4n) is 1.93. The summed E-state index contributed by atoms with van der Waals surface area (Å²) < 4.78 is 20.2. The first-order valence-electron chi connectivity index (χ1n) is 6.17. The van der Waals surface area contributed by atoms with Gasteiger partial charge in [-0.05, 0) is 32.0 Å². The van der Waals surface area contributed by atoms with Crippen molar-refractivity contribution in [2.75, 3.05) is 19.0 Å². The molecule has 0 aliphatic rings. The van der Waals surface area contributed by atoms with Crippen LogP contribution in [0, 0.1) is 12.7 Å². The zero-order chi connectivity index (χ0) is 13.8. The third-order valence-corrected chi connectivity index (χ3v) is 2.70. The lowest BCUT2D eigenvalue weighted by atomic mass is 10.3. The van der Waals surface area contributed by atoms with Crippen molar-refractivity contribution in [3.05, 3.63) is 42.0 Å². The van der Waals surface area contributed by atoms with Crippen LogP contribution in [0.4, 0.5) is 10.3 Å². The number of nitrogens with one attached hydrogen (secondary N) is 1. The molecule has 1 heterocycles. The zero-order valence-electron chi connectivity index (χ0n) is 11.4. The van der Waals surface area contributed by atoms with Gasteiger partial charge >= 0.3 is 0 Å². The smallest absolute Gasteiger partial charge is 0.208 e. The summed E-state index contributed by atoms with van der Waals surface area (Å²) in [5.74, 6) is 0.424. The van der Waals surface area contributed by atoms with E-state index in [2.05, 4.69) is 10.3 Å². The van der Waals surface area contributed by atoms with Crippen molar-refractivity contribution in [2.45, 2.75) is 19.9 Å². The highest BCUT2D eigenvalue weighted by Crippen LogP contribution is 2.18. The molecule has 1 atom stereocenters. The average Bonchev–Trinajstić information content (AvgIpc) is 2.70. The third-order valence-electron chi connectivity index (χ3n) is 2.70. The lowest BCUT2D eigenvalue weighted by Gasteiger charge is -2.15. The minimum atomic E-state index is -0.264. The normalized spacial score (nSPS) is 12.4. The van der Waals surface area contributed by atoms with E-state index in [-0.39, 0.29) is 11.9 Å². The summed E-state index contributed by atoms with van der Waals surface area (Å²) in [6, 6.07) is 6.55. The number of halogens is 1. The molecule has 4 nitrogen and oxygen atoms in total. The van der Waals surface area contributed by atoms with E-state index in [4.69, 9.17) is 4.74 Å². The highest BCUT2D eigenvalue weighted by atomic mass is 19.1. The fourth-order valence-corrected chi connectivity index (χ4v) is 1.93. The molecule has 0 aliphatic carbocycles. The van der Waals surface area contributed by atoms with Crippen LogP contribution in [-0.4, -0.2) is 29.3 Å². The molecule has 0 bridgehead atoms. The van der Waals surface area contributed by atoms with E-state index in [0.717, 1.165) is 11.4 Å². The maximum atomic E-state index is 13.3. The van der Waals surface area contributed by atoms with Crippen molar-refractivity contribution in [3.63, 3.8) is 0 Å². The van der Waals surface area contributed by atoms with Crippen molar-refractivity contribution in [3.8, 4) is 5.69 Å². The molecule has 0 aliphatic heterocycles. The van der Waals surface area contributed by atoms with Gasteiger partial charge in [-0.2, -0.15) is 0 Å². The van der Waals surface area contributed by atoms with Gasteiger partial charge in [0.15, 0.2) is 0 Å². The first kappa shape index (κ1) is 13.5. The molecular formula is C14H18FN3O. The topological polar surface area (TPSA) is 39.1 Å². The van der Waals surface area contributed by atoms with Crippen LogP contribution in [0.1, 0.15) is 12.6 Å². The molecular weight excluding hydrogens is 245 g/mol. The number of imidazole rings is 1. The van der Waals surface area contributed by atoms with Crippen molar-refractivity contribution >= 4 is 5.95 Å². The van der Waals surface area contributed by atoms with Crippen LogP contribution in [0.25, 0.3) is 5.69 Å². The molecule has 1 aromatic carbocycles. The molecule has 0 saturated heterocycles. The summed E-state index contributed by atoms with van der Waals surface area (Å²) in [6.45, 7) is 4.49. The number of rotatable bonds is 5. The largest absolute Gasteiger partial charge is 0.383 e. The monoisotopic (exact) mass is 263 g/mol. The molecule has 0 saturated carbocycles. The molecule has 0 radical (unpaired) electrons. The van der Waals surface area contributed by atoms with Gasteiger partial charge in [0.05, 0.1) is 18.0 Å². The number of hydrogen-bond acceptors (Lipinski definition) is 3. The van der Waals surface area contributed by atoms with Crippen LogP contribution in [0.5, 0.6) is 0 Å². The Morgan fingerprint density at radius 2 is 2.26 bits per heavy atom. The highest BCUT2D eigenvalue weighted by molar-refractivity contribution is 5.43. The first-order chi connectivity index (χ1) is 9.10. The Morgan fingerprint density at radius 3 is 2.95 bits per heavy atom. The fraction of sp³-hybridized carbons (Fsp3) is 0.357. The van der Waals surface area contributed by atoms with Crippen molar-refractivity contribution < 1.29 is 9.13 Å². The number of anilines is 1. The number of aromatic nitrogens is 2. The second-order valence-electron chi connectivity index (χ2n) is 4.56. The Hall–Kier alpha value is -1.88. The van der Waals surface area contributed by atoms with Gasteiger partial charge in [-0.1, -0.05) is 6.07 Å². The molecule has 102 valence electrons. The van der Waals surface area contributed by atoms with Crippen LogP contribution >= 0.6 is 0 Å². The number of hydrogen-bond donors (Lipinski definition) is 1. The number of methoxy groups -OCH3 is 1. The van der Waals surface area contributed by atoms with E-state index in [1.54, 1.807) is 13.2 Å². The minimum absolute atomic E-state index is 0.124. The molecule has 0 amide bonds. The Bertz CT molecular complexity index is 553. The summed E-state index contributed by atoms with van der Waals surface area (Å²) in [6.07, 6.45) is 1.87. The number of ether oxygens (including phenoxy) is 1. The van der Waals surface area contributed by atoms with Gasteiger partial charge in [0.2, 0.25) is 5.95 Å². The quantitative estimate of drug-likeness (QED) is 0.901. The molecule has 19 heavy (non-hydrogen) atoms. The van der Waals surface area contributed by atoms with Crippen LogP contribution in [-0.2, 0) is 4.74 Å². The predicted octanol–water partition coefficient (Wildman–Crippen LogP) is 2.77. The zero-order valence-corrected chi connectivity index (χ0v) is 11.4. The van der Waals surface area contributed by atoms with Gasteiger partial charge in [-0.3, -0.25) is 4.57 Å². The Morgan fingerprint density at radius 1 is 1.47 bits per heavy atom. The molecule has 1 unspecified atom stereocenters. The SMILES string of the molecule is COCC(C)Nc1nc(C)cn1-c1cccc(F)c1. The van der Waals surface area contributed by atoms with E-state index in [0.29, 0.717) is 12.6 Å². The van der Waals surface area contributed by atoms with Crippen molar-refractivity contribution in [2.24, 2.45) is 0 Å². The van der Waals surface area contributed by atoms with E-state index in [1.807, 2.05) is 30.7 Å². The van der Waals surface area contributed by atoms with E-state index >= 15 is 0 Å². The Kier molecular flexibility index (Phi) is 4.16. The lowest BCUT2D eigenvalue weighted by Crippen LogP contribution is -2.22. The number of nitrogens with zero attached hydrogens (tertiary/aromatic N) is 2. The predicted molar refractivity (Wildman–Crippen MR) is 73.2 cm³/mol. The van der Waals surface area contributed by atoms with Crippen molar-refractivity contribution in [1.29, 1.82) is 0 Å². The van der Waals surface area contributed by atoms with Gasteiger partial charge in [0, 0.05) is 19.3 Å². The van der Waals surface area contributed by atoms with Crippen LogP contribution in [0.3, 0.4) is 0 Å². The lowest BCUT2D eigenvalue weighted by molar-refractivity contribution is 0.190. The molecule has 5 heteroatoms. The molecule has 1 aromatic heterocycles. The minimum Gasteiger partial charge on any atom is -0.383 e. The maximum Gasteiger partial charge on any atom is 0.208 e. The van der Waals surface area contributed by atoms with Crippen LogP contribution in [0.15, 0.2) is 30.5 Å². The molecule has 1 N–H and O–H groups in total. The average molecular weight is 263 g/mol. The Balaban J connectivity index is 2.30. The van der Waals surface area contributed by atoms with Crippen molar-refractivity contribution in [1.82, 2.24) is 9.55 Å². The summed E-state index contributed by atoms with van der Waals surface area (Å²) in [7, 11) is 1.66. The summed E-state index contributed by atoms with van der Waals surface area (Å²) in [5, 5.41) is 3.25. The van der Waals surface area contributed by atoms with E-state index in [9.17, 15) is 4.39 Å². The Labute approximate surface area is 112 Å². The van der Waals surface area contributed by atoms with Gasteiger partial charge < -0.3 is 10.1 Å². The molecule has 2 aromatic rings. The number of aryl methyl sites for hydroxylation is 1. The van der Waals surface area contributed by atoms with E-state index in [1.165, 1.54) is 12.1 Å². The van der Waals surface area contributed by atoms with Gasteiger partial charge in [-0.15, -0.1) is 0 Å². The molecule has 0 fully saturated rings.